The predicted molar refractivity (Wildman–Crippen MR) is 86.9 cm³/mol. The van der Waals surface area contributed by atoms with Gasteiger partial charge in [-0.05, 0) is 33.6 Å². The van der Waals surface area contributed by atoms with Gasteiger partial charge in [0, 0.05) is 18.2 Å². The Kier molecular flexibility index (Phi) is 4.11. The van der Waals surface area contributed by atoms with E-state index in [2.05, 4.69) is 5.16 Å². The van der Waals surface area contributed by atoms with Gasteiger partial charge in [-0.3, -0.25) is 4.90 Å². The SMILES string of the molecule is CC(C)(C)OC(=O)N1CCC[C@H]1c1cc(-c2ccccc2)no1. The summed E-state index contributed by atoms with van der Waals surface area (Å²) in [5.74, 6) is 0.715. The fraction of sp³-hybridized carbons (Fsp3) is 0.444. The van der Waals surface area contributed by atoms with Crippen LogP contribution in [0.25, 0.3) is 11.3 Å². The third kappa shape index (κ3) is 3.55. The molecule has 3 rings (SSSR count). The molecule has 1 saturated heterocycles. The second kappa shape index (κ2) is 6.07. The van der Waals surface area contributed by atoms with Crippen LogP contribution in [-0.4, -0.2) is 28.3 Å². The van der Waals surface area contributed by atoms with Gasteiger partial charge in [-0.2, -0.15) is 0 Å². The average molecular weight is 314 g/mol. The summed E-state index contributed by atoms with van der Waals surface area (Å²) in [5, 5.41) is 4.15. The van der Waals surface area contributed by atoms with Gasteiger partial charge in [0.1, 0.15) is 11.3 Å². The van der Waals surface area contributed by atoms with Gasteiger partial charge in [-0.15, -0.1) is 0 Å². The van der Waals surface area contributed by atoms with Crippen molar-refractivity contribution in [3.63, 3.8) is 0 Å². The van der Waals surface area contributed by atoms with E-state index in [0.717, 1.165) is 24.1 Å². The Morgan fingerprint density at radius 1 is 1.30 bits per heavy atom. The molecule has 0 unspecified atom stereocenters. The smallest absolute Gasteiger partial charge is 0.410 e. The molecule has 122 valence electrons. The van der Waals surface area contributed by atoms with Crippen LogP contribution in [0, 0.1) is 0 Å². The number of nitrogens with zero attached hydrogens (tertiary/aromatic N) is 2. The van der Waals surface area contributed by atoms with E-state index >= 15 is 0 Å². The molecule has 1 amide bonds. The maximum absolute atomic E-state index is 12.4. The van der Waals surface area contributed by atoms with E-state index in [1.54, 1.807) is 4.90 Å². The third-order valence-corrected chi connectivity index (χ3v) is 3.81. The molecule has 1 fully saturated rings. The van der Waals surface area contributed by atoms with Gasteiger partial charge in [0.15, 0.2) is 5.76 Å². The summed E-state index contributed by atoms with van der Waals surface area (Å²) in [6, 6.07) is 11.7. The van der Waals surface area contributed by atoms with Crippen LogP contribution in [0.5, 0.6) is 0 Å². The van der Waals surface area contributed by atoms with Crippen LogP contribution in [0.15, 0.2) is 40.9 Å². The Hall–Kier alpha value is -2.30. The molecule has 5 nitrogen and oxygen atoms in total. The maximum atomic E-state index is 12.4. The molecule has 2 aromatic rings. The Morgan fingerprint density at radius 3 is 2.74 bits per heavy atom. The van der Waals surface area contributed by atoms with E-state index in [9.17, 15) is 4.79 Å². The van der Waals surface area contributed by atoms with Gasteiger partial charge in [0.25, 0.3) is 0 Å². The molecule has 0 bridgehead atoms. The van der Waals surface area contributed by atoms with Crippen LogP contribution in [0.4, 0.5) is 4.79 Å². The van der Waals surface area contributed by atoms with E-state index < -0.39 is 5.60 Å². The van der Waals surface area contributed by atoms with E-state index in [0.29, 0.717) is 12.3 Å². The monoisotopic (exact) mass is 314 g/mol. The zero-order valence-corrected chi connectivity index (χ0v) is 13.8. The maximum Gasteiger partial charge on any atom is 0.410 e. The number of carbonyl (C=O) groups excluding carboxylic acids is 1. The summed E-state index contributed by atoms with van der Waals surface area (Å²) in [5.41, 5.74) is 1.29. The topological polar surface area (TPSA) is 55.6 Å². The van der Waals surface area contributed by atoms with E-state index in [1.807, 2.05) is 57.2 Å². The molecule has 0 saturated carbocycles. The van der Waals surface area contributed by atoms with Crippen molar-refractivity contribution < 1.29 is 14.1 Å². The summed E-state index contributed by atoms with van der Waals surface area (Å²) in [4.78, 5) is 14.1. The zero-order chi connectivity index (χ0) is 16.4. The molecule has 23 heavy (non-hydrogen) atoms. The first-order valence-corrected chi connectivity index (χ1v) is 7.96. The highest BCUT2D eigenvalue weighted by Crippen LogP contribution is 2.34. The molecule has 5 heteroatoms. The molecule has 2 heterocycles. The fourth-order valence-electron chi connectivity index (χ4n) is 2.79. The number of rotatable bonds is 2. The minimum Gasteiger partial charge on any atom is -0.444 e. The molecule has 1 atom stereocenters. The van der Waals surface area contributed by atoms with Crippen molar-refractivity contribution in [2.24, 2.45) is 0 Å². The lowest BCUT2D eigenvalue weighted by Gasteiger charge is -2.27. The Balaban J connectivity index is 1.78. The predicted octanol–water partition coefficient (Wildman–Crippen LogP) is 4.41. The molecule has 1 aliphatic heterocycles. The Labute approximate surface area is 136 Å². The van der Waals surface area contributed by atoms with Gasteiger partial charge in [0.05, 0.1) is 6.04 Å². The van der Waals surface area contributed by atoms with Crippen LogP contribution in [0.2, 0.25) is 0 Å². The summed E-state index contributed by atoms with van der Waals surface area (Å²) < 4.78 is 11.0. The van der Waals surface area contributed by atoms with Gasteiger partial charge >= 0.3 is 6.09 Å². The summed E-state index contributed by atoms with van der Waals surface area (Å²) in [6.45, 7) is 6.30. The van der Waals surface area contributed by atoms with Crippen molar-refractivity contribution in [1.82, 2.24) is 10.1 Å². The van der Waals surface area contributed by atoms with Gasteiger partial charge in [0.2, 0.25) is 0 Å². The second-order valence-electron chi connectivity index (χ2n) is 6.81. The van der Waals surface area contributed by atoms with Crippen LogP contribution in [0.1, 0.15) is 45.4 Å². The second-order valence-corrected chi connectivity index (χ2v) is 6.81. The zero-order valence-electron chi connectivity index (χ0n) is 13.8. The Morgan fingerprint density at radius 2 is 2.04 bits per heavy atom. The lowest BCUT2D eigenvalue weighted by Crippen LogP contribution is -2.36. The summed E-state index contributed by atoms with van der Waals surface area (Å²) in [7, 11) is 0. The van der Waals surface area contributed by atoms with Gasteiger partial charge < -0.3 is 9.26 Å². The molecular formula is C18H22N2O3. The fourth-order valence-corrected chi connectivity index (χ4v) is 2.79. The van der Waals surface area contributed by atoms with Crippen molar-refractivity contribution >= 4 is 6.09 Å². The summed E-state index contributed by atoms with van der Waals surface area (Å²) >= 11 is 0. The molecule has 1 aliphatic rings. The Bertz CT molecular complexity index is 673. The van der Waals surface area contributed by atoms with Crippen LogP contribution in [0.3, 0.4) is 0 Å². The first kappa shape index (κ1) is 15.6. The van der Waals surface area contributed by atoms with Crippen molar-refractivity contribution in [2.45, 2.75) is 45.3 Å². The molecule has 0 radical (unpaired) electrons. The molecule has 1 aromatic carbocycles. The van der Waals surface area contributed by atoms with Crippen LogP contribution >= 0.6 is 0 Å². The molecule has 1 aromatic heterocycles. The van der Waals surface area contributed by atoms with E-state index in [4.69, 9.17) is 9.26 Å². The normalized spacial score (nSPS) is 18.2. The standard InChI is InChI=1S/C18H22N2O3/c1-18(2,3)22-17(21)20-11-7-10-15(20)16-12-14(19-23-16)13-8-5-4-6-9-13/h4-6,8-9,12,15H,7,10-11H2,1-3H3/t15-/m0/s1. The largest absolute Gasteiger partial charge is 0.444 e. The molecule has 0 N–H and O–H groups in total. The number of hydrogen-bond donors (Lipinski definition) is 0. The van der Waals surface area contributed by atoms with Crippen LogP contribution in [-0.2, 0) is 4.74 Å². The molecule has 0 spiro atoms. The van der Waals surface area contributed by atoms with Gasteiger partial charge in [-0.25, -0.2) is 4.79 Å². The minimum absolute atomic E-state index is 0.102. The molecule has 0 aliphatic carbocycles. The first-order chi connectivity index (χ1) is 10.9. The number of hydrogen-bond acceptors (Lipinski definition) is 4. The average Bonchev–Trinajstić information content (AvgIpc) is 3.15. The first-order valence-electron chi connectivity index (χ1n) is 7.96. The molecular weight excluding hydrogens is 292 g/mol. The lowest BCUT2D eigenvalue weighted by molar-refractivity contribution is 0.0204. The number of benzene rings is 1. The highest BCUT2D eigenvalue weighted by molar-refractivity contribution is 5.69. The highest BCUT2D eigenvalue weighted by atomic mass is 16.6. The number of carbonyl (C=O) groups is 1. The third-order valence-electron chi connectivity index (χ3n) is 3.81. The van der Waals surface area contributed by atoms with Crippen molar-refractivity contribution in [2.75, 3.05) is 6.54 Å². The van der Waals surface area contributed by atoms with Crippen molar-refractivity contribution in [3.05, 3.63) is 42.2 Å². The van der Waals surface area contributed by atoms with Crippen LogP contribution < -0.4 is 0 Å². The quantitative estimate of drug-likeness (QED) is 0.823. The number of amides is 1. The van der Waals surface area contributed by atoms with Crippen molar-refractivity contribution in [3.8, 4) is 11.3 Å². The number of likely N-dealkylation sites (tertiary alicyclic amines) is 1. The number of aromatic nitrogens is 1. The minimum atomic E-state index is -0.499. The summed E-state index contributed by atoms with van der Waals surface area (Å²) in [6.07, 6.45) is 1.51. The lowest BCUT2D eigenvalue weighted by atomic mass is 10.1. The van der Waals surface area contributed by atoms with E-state index in [1.165, 1.54) is 0 Å². The van der Waals surface area contributed by atoms with E-state index in [-0.39, 0.29) is 12.1 Å². The highest BCUT2D eigenvalue weighted by Gasteiger charge is 2.35. The number of ether oxygens (including phenoxy) is 1. The van der Waals surface area contributed by atoms with Gasteiger partial charge in [-0.1, -0.05) is 35.5 Å². The van der Waals surface area contributed by atoms with Crippen molar-refractivity contribution in [1.29, 1.82) is 0 Å².